The molecule has 0 radical (unpaired) electrons. The summed E-state index contributed by atoms with van der Waals surface area (Å²) < 4.78 is 180. The minimum atomic E-state index is -4.77. The summed E-state index contributed by atoms with van der Waals surface area (Å²) in [7, 11) is -4.29. The first kappa shape index (κ1) is 103. The summed E-state index contributed by atoms with van der Waals surface area (Å²) in [4.78, 5) is 40.9. The van der Waals surface area contributed by atoms with E-state index >= 15 is 13.2 Å². The molecular weight excluding hydrogens is 1700 g/mol. The fraction of sp³-hybridized carbons (Fsp3) is 0.454. The van der Waals surface area contributed by atoms with Gasteiger partial charge in [-0.2, -0.15) is 26.3 Å². The zero-order valence-corrected chi connectivity index (χ0v) is 80.1. The Morgan fingerprint density at radius 2 is 0.802 bits per heavy atom. The Kier molecular flexibility index (Phi) is 36.6. The Labute approximate surface area is 743 Å². The molecule has 19 nitrogen and oxygen atoms in total. The van der Waals surface area contributed by atoms with Gasteiger partial charge in [-0.15, -0.1) is 0 Å². The lowest BCUT2D eigenvalue weighted by Gasteiger charge is -2.45. The van der Waals surface area contributed by atoms with E-state index in [2.05, 4.69) is 39.3 Å². The lowest BCUT2D eigenvalue weighted by molar-refractivity contribution is -0.196. The first-order chi connectivity index (χ1) is 59.2. The van der Waals surface area contributed by atoms with Crippen LogP contribution in [0.1, 0.15) is 137 Å². The van der Waals surface area contributed by atoms with Gasteiger partial charge in [0, 0.05) is 42.5 Å². The van der Waals surface area contributed by atoms with Crippen molar-refractivity contribution >= 4 is 83.6 Å². The molecule has 0 bridgehead atoms. The number of aliphatic hydroxyl groups is 1. The molecule has 0 aromatic heterocycles. The second kappa shape index (κ2) is 45.0. The number of carbonyl (C=O) groups is 3. The van der Waals surface area contributed by atoms with Crippen LogP contribution in [0.15, 0.2) is 212 Å². The molecule has 2 aliphatic rings. The summed E-state index contributed by atoms with van der Waals surface area (Å²) in [6.07, 6.45) is -8.18. The molecule has 0 spiro atoms. The highest BCUT2D eigenvalue weighted by Gasteiger charge is 2.58. The van der Waals surface area contributed by atoms with Crippen LogP contribution in [0.5, 0.6) is 23.0 Å². The van der Waals surface area contributed by atoms with E-state index in [1.54, 1.807) is 107 Å². The van der Waals surface area contributed by atoms with Crippen molar-refractivity contribution in [3.63, 3.8) is 0 Å². The Morgan fingerprint density at radius 3 is 1.13 bits per heavy atom. The molecule has 7 aromatic rings. The summed E-state index contributed by atoms with van der Waals surface area (Å²) in [5.41, 5.74) is 1.50. The number of aliphatic hydroxyl groups excluding tert-OH is 1. The molecule has 2 fully saturated rings. The second-order valence-corrected chi connectivity index (χ2v) is 56.2. The average molecular weight is 1820 g/mol. The number of methoxy groups -OCH3 is 4. The summed E-state index contributed by atoms with van der Waals surface area (Å²) in [6.45, 7) is 31.7. The third-order valence-electron chi connectivity index (χ3n) is 21.2. The largest absolute Gasteiger partial charge is 0.497 e. The highest BCUT2D eigenvalue weighted by Crippen LogP contribution is 2.45. The molecule has 9 rings (SSSR count). The molecule has 7 aromatic carbocycles. The first-order valence-electron chi connectivity index (χ1n) is 42.2. The number of esters is 3. The van der Waals surface area contributed by atoms with Crippen LogP contribution < -0.4 is 39.7 Å². The lowest BCUT2D eigenvalue weighted by atomic mass is 10.0. The zero-order chi connectivity index (χ0) is 92.7. The van der Waals surface area contributed by atoms with Crippen LogP contribution in [0.25, 0.3) is 12.2 Å². The summed E-state index contributed by atoms with van der Waals surface area (Å²) >= 11 is 0. The molecule has 0 amide bonds. The maximum atomic E-state index is 15.4. The molecular formula is C97H126F6O19Si4. The van der Waals surface area contributed by atoms with E-state index in [1.807, 2.05) is 163 Å². The minimum Gasteiger partial charge on any atom is -0.497 e. The van der Waals surface area contributed by atoms with Gasteiger partial charge in [0.15, 0.2) is 25.2 Å². The second-order valence-electron chi connectivity index (χ2n) is 36.4. The topological polar surface area (TPSA) is 210 Å². The van der Waals surface area contributed by atoms with Crippen LogP contribution in [0, 0.1) is 0 Å². The van der Waals surface area contributed by atoms with Gasteiger partial charge < -0.3 is 75.5 Å². The third kappa shape index (κ3) is 28.6. The van der Waals surface area contributed by atoms with Gasteiger partial charge in [-0.05, 0) is 138 Å². The Balaban J connectivity index is 0.000000315. The summed E-state index contributed by atoms with van der Waals surface area (Å²) in [5, 5.41) is 12.9. The number of alkyl halides is 6. The highest BCUT2D eigenvalue weighted by atomic mass is 28.4. The van der Waals surface area contributed by atoms with E-state index in [0.717, 1.165) is 22.5 Å². The van der Waals surface area contributed by atoms with Crippen LogP contribution in [-0.4, -0.2) is 184 Å². The molecule has 1 N–H and O–H groups in total. The molecule has 0 aliphatic carbocycles. The van der Waals surface area contributed by atoms with Gasteiger partial charge in [0.2, 0.25) is 0 Å². The van der Waals surface area contributed by atoms with E-state index in [9.17, 15) is 32.7 Å². The molecule has 8 atom stereocenters. The smallest absolute Gasteiger partial charge is 0.413 e. The number of ether oxygens (including phenoxy) is 13. The van der Waals surface area contributed by atoms with Crippen molar-refractivity contribution in [2.24, 2.45) is 0 Å². The fourth-order valence-electron chi connectivity index (χ4n) is 15.1. The molecule has 29 heteroatoms. The molecule has 126 heavy (non-hydrogen) atoms. The molecule has 2 aliphatic heterocycles. The normalized spacial score (nSPS) is 18.1. The van der Waals surface area contributed by atoms with Gasteiger partial charge in [-0.25, -0.2) is 14.4 Å². The van der Waals surface area contributed by atoms with Crippen molar-refractivity contribution in [1.29, 1.82) is 0 Å². The SMILES string of the molecule is COCOc1cc(OC)cc(/C=C/C[C@@H]2OC(C)(C)O[C@@H]2C(/C=C\CC(O[Si](c2ccccc2)(c2ccccc2)C(C)(C)C)C(F)(F)F)OC(=O)c2ccccc2)c1C(=O)OCC[Si](C)(C)C.COCOc1cc(OC)cc(/C=C/C[C@@H]2OC(C)(C)O[C@@H]2C(O)/C=C\CC(O[Si](c2ccccc2)(c2ccccc2)C(C)(C)C)C(F)(F)F)c1C(=O)OCC[Si](C)(C)C. The number of halogens is 6. The number of hydrogen-bond acceptors (Lipinski definition) is 19. The first-order valence-corrected chi connectivity index (χ1v) is 53.5. The van der Waals surface area contributed by atoms with Crippen LogP contribution in [0.4, 0.5) is 26.3 Å². The summed E-state index contributed by atoms with van der Waals surface area (Å²) in [5.74, 6) is -2.85. The van der Waals surface area contributed by atoms with Crippen molar-refractivity contribution in [2.75, 3.05) is 55.2 Å². The van der Waals surface area contributed by atoms with Gasteiger partial charge in [-0.1, -0.05) is 263 Å². The van der Waals surface area contributed by atoms with Crippen LogP contribution in [0.2, 0.25) is 61.4 Å². The predicted octanol–water partition coefficient (Wildman–Crippen LogP) is 19.7. The van der Waals surface area contributed by atoms with Crippen LogP contribution >= 0.6 is 0 Å². The van der Waals surface area contributed by atoms with Gasteiger partial charge in [0.05, 0.1) is 45.2 Å². The molecule has 2 heterocycles. The average Bonchev–Trinajstić information content (AvgIpc) is 1.19. The van der Waals surface area contributed by atoms with E-state index in [-0.39, 0.29) is 67.8 Å². The number of rotatable bonds is 40. The van der Waals surface area contributed by atoms with Crippen molar-refractivity contribution in [1.82, 2.24) is 0 Å². The minimum absolute atomic E-state index is 0.115. The fourth-order valence-corrected chi connectivity index (χ4v) is 25.8. The maximum Gasteiger partial charge on any atom is 0.413 e. The van der Waals surface area contributed by atoms with Gasteiger partial charge in [0.1, 0.15) is 70.7 Å². The number of benzene rings is 7. The van der Waals surface area contributed by atoms with Crippen molar-refractivity contribution in [3.8, 4) is 23.0 Å². The third-order valence-corrected chi connectivity index (χ3v) is 34.7. The van der Waals surface area contributed by atoms with Crippen molar-refractivity contribution in [2.45, 2.75) is 229 Å². The Hall–Kier alpha value is -8.80. The van der Waals surface area contributed by atoms with Crippen molar-refractivity contribution < 1.29 is 116 Å². The maximum absolute atomic E-state index is 15.4. The zero-order valence-electron chi connectivity index (χ0n) is 76.1. The van der Waals surface area contributed by atoms with Gasteiger partial charge in [0.25, 0.3) is 16.6 Å². The predicted molar refractivity (Wildman–Crippen MR) is 489 cm³/mol. The molecule has 2 saturated heterocycles. The Bertz CT molecular complexity index is 4640. The number of hydrogen-bond donors (Lipinski definition) is 1. The van der Waals surface area contributed by atoms with Gasteiger partial charge in [-0.3, -0.25) is 0 Å². The number of carbonyl (C=O) groups excluding carboxylic acids is 3. The van der Waals surface area contributed by atoms with E-state index in [1.165, 1.54) is 52.7 Å². The van der Waals surface area contributed by atoms with E-state index in [0.29, 0.717) is 33.0 Å². The van der Waals surface area contributed by atoms with Crippen LogP contribution in [0.3, 0.4) is 0 Å². The standard InChI is InChI=1S/C52H65F3O10Si2.C45H61F3O9Si2/c1-50(2,3)67(40-25-16-12-17-26-40,41-27-18-13-19-28-41)65-45(52(53,54)55)31-21-29-42(62-48(56)37-22-14-11-15-23-37)47-43(63-51(4,5)64-47)30-20-24-38-34-39(59-7)35-44(61-36-58-6)46(38)49(57)60-32-33-66(8,9)10;1-43(2,3)59(34-20-13-11-14-21-34,35-22-15-12-16-23-35)57-39(45(46,47)48)26-18-24-36(49)41-37(55-44(4,5)56-41)25-17-19-32-29-33(52-7)30-38(54-31-51-6)40(32)42(50)53-27-28-58(8,9)10/h11-29,34-35,42-43,45,47H,30-33,36H2,1-10H3;11-24,29-30,36-37,39,41,49H,25-28,31H2,1-10H3/b24-20+,29-21-;19-17+,24-18-/t42?,43-,45?,47+;36?,37-,39?,41+/m00/s1. The van der Waals surface area contributed by atoms with E-state index < -0.39 is 146 Å². The molecule has 686 valence electrons. The Morgan fingerprint density at radius 1 is 0.460 bits per heavy atom. The highest BCUT2D eigenvalue weighted by molar-refractivity contribution is 7.00. The molecule has 4 unspecified atom stereocenters. The van der Waals surface area contributed by atoms with Crippen LogP contribution in [-0.2, 0) is 51.5 Å². The lowest BCUT2D eigenvalue weighted by Crippen LogP contribution is -2.68. The quantitative estimate of drug-likeness (QED) is 0.00945. The van der Waals surface area contributed by atoms with E-state index in [4.69, 9.17) is 70.4 Å². The van der Waals surface area contributed by atoms with Crippen molar-refractivity contribution in [3.05, 3.63) is 240 Å². The molecule has 0 saturated carbocycles. The summed E-state index contributed by atoms with van der Waals surface area (Å²) in [6, 6.07) is 52.9. The monoisotopic (exact) mass is 1820 g/mol. The van der Waals surface area contributed by atoms with Gasteiger partial charge >= 0.3 is 30.3 Å².